The zero-order chi connectivity index (χ0) is 13.9. The molecule has 2 saturated carbocycles. The first-order chi connectivity index (χ1) is 9.03. The molecule has 0 aromatic carbocycles. The fourth-order valence-corrected chi connectivity index (χ4v) is 4.61. The lowest BCUT2D eigenvalue weighted by Gasteiger charge is -2.26. The molecule has 0 heterocycles. The minimum Gasteiger partial charge on any atom is -0.317 e. The van der Waals surface area contributed by atoms with Crippen LogP contribution in [0.5, 0.6) is 0 Å². The van der Waals surface area contributed by atoms with Gasteiger partial charge in [-0.3, -0.25) is 0 Å². The van der Waals surface area contributed by atoms with Gasteiger partial charge in [0.1, 0.15) is 0 Å². The highest BCUT2D eigenvalue weighted by Crippen LogP contribution is 2.44. The molecule has 2 aliphatic rings. The van der Waals surface area contributed by atoms with Crippen molar-refractivity contribution in [1.29, 1.82) is 0 Å². The molecule has 19 heavy (non-hydrogen) atoms. The van der Waals surface area contributed by atoms with Gasteiger partial charge in [-0.2, -0.15) is 17.4 Å². The maximum Gasteiger partial charge on any atom is 0.279 e. The lowest BCUT2D eigenvalue weighted by atomic mass is 9.96. The molecule has 2 fully saturated rings. The normalized spacial score (nSPS) is 30.4. The predicted molar refractivity (Wildman–Crippen MR) is 77.1 cm³/mol. The molecule has 2 N–H and O–H groups in total. The lowest BCUT2D eigenvalue weighted by molar-refractivity contribution is 0.372. The van der Waals surface area contributed by atoms with E-state index in [1.807, 2.05) is 0 Å². The molecule has 0 amide bonds. The van der Waals surface area contributed by atoms with Crippen LogP contribution in [-0.4, -0.2) is 45.4 Å². The number of nitrogens with one attached hydrogen (secondary N) is 2. The van der Waals surface area contributed by atoms with E-state index in [4.69, 9.17) is 0 Å². The Kier molecular flexibility index (Phi) is 5.22. The molecular formula is C13H27N3O2S. The fraction of sp³-hybridized carbons (Fsp3) is 1.00. The Morgan fingerprint density at radius 3 is 2.63 bits per heavy atom. The SMILES string of the molecule is CCNCCCN(C)S(=O)(=O)NC1CC2CCC1C2. The molecule has 5 nitrogen and oxygen atoms in total. The Morgan fingerprint density at radius 2 is 2.05 bits per heavy atom. The van der Waals surface area contributed by atoms with E-state index in [1.165, 1.54) is 23.6 Å². The monoisotopic (exact) mass is 289 g/mol. The van der Waals surface area contributed by atoms with Gasteiger partial charge in [-0.05, 0) is 50.6 Å². The summed E-state index contributed by atoms with van der Waals surface area (Å²) in [5, 5.41) is 3.21. The quantitative estimate of drug-likeness (QED) is 0.654. The van der Waals surface area contributed by atoms with Crippen LogP contribution in [0.1, 0.15) is 39.0 Å². The summed E-state index contributed by atoms with van der Waals surface area (Å²) in [6.45, 7) is 4.42. The molecule has 0 radical (unpaired) electrons. The van der Waals surface area contributed by atoms with E-state index in [1.54, 1.807) is 7.05 Å². The molecule has 2 bridgehead atoms. The molecule has 2 rings (SSSR count). The predicted octanol–water partition coefficient (Wildman–Crippen LogP) is 0.941. The van der Waals surface area contributed by atoms with Gasteiger partial charge < -0.3 is 5.32 Å². The average Bonchev–Trinajstić information content (AvgIpc) is 2.95. The van der Waals surface area contributed by atoms with Crippen molar-refractivity contribution in [1.82, 2.24) is 14.3 Å². The average molecular weight is 289 g/mol. The third-order valence-electron chi connectivity index (χ3n) is 4.53. The zero-order valence-corrected chi connectivity index (χ0v) is 12.9. The van der Waals surface area contributed by atoms with Crippen LogP contribution in [0.2, 0.25) is 0 Å². The van der Waals surface area contributed by atoms with Gasteiger partial charge in [0.2, 0.25) is 0 Å². The van der Waals surface area contributed by atoms with Crippen LogP contribution in [0.4, 0.5) is 0 Å². The van der Waals surface area contributed by atoms with E-state index in [2.05, 4.69) is 17.0 Å². The summed E-state index contributed by atoms with van der Waals surface area (Å²) in [5.74, 6) is 1.34. The van der Waals surface area contributed by atoms with Gasteiger partial charge in [-0.25, -0.2) is 0 Å². The van der Waals surface area contributed by atoms with Crippen molar-refractivity contribution in [3.63, 3.8) is 0 Å². The second-order valence-electron chi connectivity index (χ2n) is 5.93. The first-order valence-corrected chi connectivity index (χ1v) is 8.91. The molecule has 0 saturated heterocycles. The number of hydrogen-bond donors (Lipinski definition) is 2. The topological polar surface area (TPSA) is 61.4 Å². The molecule has 2 aliphatic carbocycles. The highest BCUT2D eigenvalue weighted by atomic mass is 32.2. The highest BCUT2D eigenvalue weighted by molar-refractivity contribution is 7.87. The van der Waals surface area contributed by atoms with Crippen molar-refractivity contribution in [2.75, 3.05) is 26.7 Å². The summed E-state index contributed by atoms with van der Waals surface area (Å²) in [7, 11) is -1.63. The summed E-state index contributed by atoms with van der Waals surface area (Å²) in [4.78, 5) is 0. The summed E-state index contributed by atoms with van der Waals surface area (Å²) in [6, 6.07) is 0.181. The number of hydrogen-bond acceptors (Lipinski definition) is 3. The summed E-state index contributed by atoms with van der Waals surface area (Å²) in [5.41, 5.74) is 0. The first kappa shape index (κ1) is 15.2. The van der Waals surface area contributed by atoms with Gasteiger partial charge in [-0.15, -0.1) is 0 Å². The molecule has 0 spiro atoms. The van der Waals surface area contributed by atoms with Crippen molar-refractivity contribution < 1.29 is 8.42 Å². The fourth-order valence-electron chi connectivity index (χ4n) is 3.39. The third-order valence-corrected chi connectivity index (χ3v) is 6.13. The molecular weight excluding hydrogens is 262 g/mol. The van der Waals surface area contributed by atoms with Crippen molar-refractivity contribution in [3.05, 3.63) is 0 Å². The maximum absolute atomic E-state index is 12.2. The van der Waals surface area contributed by atoms with E-state index in [0.717, 1.165) is 31.8 Å². The first-order valence-electron chi connectivity index (χ1n) is 7.47. The van der Waals surface area contributed by atoms with Gasteiger partial charge in [0.25, 0.3) is 10.2 Å². The molecule has 6 heteroatoms. The van der Waals surface area contributed by atoms with E-state index in [0.29, 0.717) is 12.5 Å². The Bertz CT molecular complexity index is 385. The Labute approximate surface area is 117 Å². The van der Waals surface area contributed by atoms with Crippen LogP contribution < -0.4 is 10.0 Å². The van der Waals surface area contributed by atoms with Gasteiger partial charge in [0, 0.05) is 19.6 Å². The van der Waals surface area contributed by atoms with Crippen molar-refractivity contribution in [2.24, 2.45) is 11.8 Å². The van der Waals surface area contributed by atoms with Gasteiger partial charge in [0.05, 0.1) is 0 Å². The van der Waals surface area contributed by atoms with Gasteiger partial charge >= 0.3 is 0 Å². The zero-order valence-electron chi connectivity index (χ0n) is 12.1. The Balaban J connectivity index is 1.77. The number of fused-ring (bicyclic) bond motifs is 2. The van der Waals surface area contributed by atoms with Crippen LogP contribution in [0, 0.1) is 11.8 Å². The molecule has 0 aromatic heterocycles. The van der Waals surface area contributed by atoms with E-state index < -0.39 is 10.2 Å². The van der Waals surface area contributed by atoms with Crippen molar-refractivity contribution in [2.45, 2.75) is 45.1 Å². The van der Waals surface area contributed by atoms with Crippen LogP contribution in [0.3, 0.4) is 0 Å². The van der Waals surface area contributed by atoms with E-state index in [-0.39, 0.29) is 6.04 Å². The lowest BCUT2D eigenvalue weighted by Crippen LogP contribution is -2.46. The largest absolute Gasteiger partial charge is 0.317 e. The van der Waals surface area contributed by atoms with Crippen LogP contribution in [0.15, 0.2) is 0 Å². The van der Waals surface area contributed by atoms with Crippen LogP contribution >= 0.6 is 0 Å². The van der Waals surface area contributed by atoms with Gasteiger partial charge in [-0.1, -0.05) is 13.3 Å². The van der Waals surface area contributed by atoms with Crippen LogP contribution in [0.25, 0.3) is 0 Å². The summed E-state index contributed by atoms with van der Waals surface area (Å²) >= 11 is 0. The maximum atomic E-state index is 12.2. The minimum atomic E-state index is -3.30. The summed E-state index contributed by atoms with van der Waals surface area (Å²) < 4.78 is 28.8. The number of rotatable bonds is 8. The molecule has 3 unspecified atom stereocenters. The second kappa shape index (κ2) is 6.52. The van der Waals surface area contributed by atoms with E-state index in [9.17, 15) is 8.42 Å². The second-order valence-corrected chi connectivity index (χ2v) is 7.74. The molecule has 112 valence electrons. The van der Waals surface area contributed by atoms with Crippen molar-refractivity contribution in [3.8, 4) is 0 Å². The number of nitrogens with zero attached hydrogens (tertiary/aromatic N) is 1. The Morgan fingerprint density at radius 1 is 1.26 bits per heavy atom. The Hall–Kier alpha value is -0.170. The minimum absolute atomic E-state index is 0.181. The summed E-state index contributed by atoms with van der Waals surface area (Å²) in [6.07, 6.45) is 5.60. The van der Waals surface area contributed by atoms with Gasteiger partial charge in [0.15, 0.2) is 0 Å². The highest BCUT2D eigenvalue weighted by Gasteiger charge is 2.41. The smallest absolute Gasteiger partial charge is 0.279 e. The molecule has 0 aromatic rings. The van der Waals surface area contributed by atoms with Crippen molar-refractivity contribution >= 4 is 10.2 Å². The standard InChI is InChI=1S/C13H27N3O2S/c1-3-14-7-4-8-16(2)19(17,18)15-13-10-11-5-6-12(13)9-11/h11-15H,3-10H2,1-2H3. The molecule has 3 atom stereocenters. The van der Waals surface area contributed by atoms with Crippen LogP contribution in [-0.2, 0) is 10.2 Å². The third kappa shape index (κ3) is 3.90. The van der Waals surface area contributed by atoms with E-state index >= 15 is 0 Å². The molecule has 0 aliphatic heterocycles.